The lowest BCUT2D eigenvalue weighted by atomic mass is 10.1. The van der Waals surface area contributed by atoms with Crippen molar-refractivity contribution in [3.05, 3.63) is 48.4 Å². The molecule has 0 spiro atoms. The third kappa shape index (κ3) is 5.98. The summed E-state index contributed by atoms with van der Waals surface area (Å²) in [6.45, 7) is -0.290. The van der Waals surface area contributed by atoms with Crippen LogP contribution in [0.1, 0.15) is 18.4 Å². The highest BCUT2D eigenvalue weighted by atomic mass is 32.2. The van der Waals surface area contributed by atoms with Crippen LogP contribution in [-0.4, -0.2) is 54.0 Å². The zero-order chi connectivity index (χ0) is 22.5. The zero-order valence-electron chi connectivity index (χ0n) is 16.0. The van der Waals surface area contributed by atoms with Crippen molar-refractivity contribution in [3.63, 3.8) is 0 Å². The lowest BCUT2D eigenvalue weighted by molar-refractivity contribution is -0.137. The molecule has 3 rings (SSSR count). The van der Waals surface area contributed by atoms with Gasteiger partial charge in [0.2, 0.25) is 10.0 Å². The molecule has 0 atom stereocenters. The number of sulfonamides is 1. The van der Waals surface area contributed by atoms with E-state index in [9.17, 15) is 26.4 Å². The number of anilines is 1. The zero-order valence-corrected chi connectivity index (χ0v) is 16.9. The first-order chi connectivity index (χ1) is 14.7. The van der Waals surface area contributed by atoms with Crippen LogP contribution in [0.15, 0.2) is 52.9 Å². The summed E-state index contributed by atoms with van der Waals surface area (Å²) in [6.07, 6.45) is -1.44. The molecule has 1 fully saturated rings. The van der Waals surface area contributed by atoms with Crippen LogP contribution in [0.3, 0.4) is 0 Å². The molecule has 13 heteroatoms. The second kappa shape index (κ2) is 9.39. The van der Waals surface area contributed by atoms with Crippen molar-refractivity contribution in [2.45, 2.75) is 23.9 Å². The molecule has 9 nitrogen and oxygen atoms in total. The molecule has 2 heterocycles. The summed E-state index contributed by atoms with van der Waals surface area (Å²) in [5.74, 6) is -0.169. The minimum atomic E-state index is -4.63. The number of nitrogens with one attached hydrogen (secondary N) is 1. The number of carbonyl (C=O) groups excluding carboxylic acids is 1. The number of piperidine rings is 1. The highest BCUT2D eigenvalue weighted by molar-refractivity contribution is 7.89. The average Bonchev–Trinajstić information content (AvgIpc) is 2.74. The van der Waals surface area contributed by atoms with Gasteiger partial charge in [0.05, 0.1) is 16.2 Å². The molecule has 1 N–H and O–H groups in total. The number of benzene rings is 1. The number of rotatable bonds is 6. The van der Waals surface area contributed by atoms with E-state index in [2.05, 4.69) is 20.4 Å². The first-order valence-electron chi connectivity index (χ1n) is 9.07. The first-order valence-corrected chi connectivity index (χ1v) is 10.5. The SMILES string of the molecule is O=C(CON=C1CCN(S(=O)(=O)c2cccc(C(F)(F)F)c2)CC1)Nc1ccncn1. The van der Waals surface area contributed by atoms with Crippen LogP contribution >= 0.6 is 0 Å². The predicted molar refractivity (Wildman–Crippen MR) is 103 cm³/mol. The summed E-state index contributed by atoms with van der Waals surface area (Å²) in [4.78, 5) is 23.9. The molecule has 0 radical (unpaired) electrons. The fraction of sp³-hybridized carbons (Fsp3) is 0.333. The van der Waals surface area contributed by atoms with Gasteiger partial charge in [-0.2, -0.15) is 17.5 Å². The monoisotopic (exact) mass is 457 g/mol. The Hall–Kier alpha value is -3.06. The molecular formula is C18H18F3N5O4S. The van der Waals surface area contributed by atoms with E-state index in [-0.39, 0.29) is 32.5 Å². The molecule has 0 saturated carbocycles. The molecule has 31 heavy (non-hydrogen) atoms. The molecule has 1 aromatic carbocycles. The number of alkyl halides is 3. The summed E-state index contributed by atoms with van der Waals surface area (Å²) in [6, 6.07) is 5.14. The quantitative estimate of drug-likeness (QED) is 0.666. The Morgan fingerprint density at radius 3 is 2.61 bits per heavy atom. The Bertz CT molecular complexity index is 1050. The third-order valence-electron chi connectivity index (χ3n) is 4.34. The summed E-state index contributed by atoms with van der Waals surface area (Å²) >= 11 is 0. The van der Waals surface area contributed by atoms with Crippen molar-refractivity contribution < 1.29 is 31.2 Å². The maximum atomic E-state index is 12.9. The number of halogens is 3. The number of nitrogens with zero attached hydrogens (tertiary/aromatic N) is 4. The first kappa shape index (κ1) is 22.6. The summed E-state index contributed by atoms with van der Waals surface area (Å²) in [5.41, 5.74) is -0.480. The Balaban J connectivity index is 1.53. The molecular weight excluding hydrogens is 439 g/mol. The summed E-state index contributed by atoms with van der Waals surface area (Å²) in [7, 11) is -4.08. The fourth-order valence-corrected chi connectivity index (χ4v) is 4.27. The van der Waals surface area contributed by atoms with Crippen LogP contribution in [0.4, 0.5) is 19.0 Å². The normalized spacial score (nSPS) is 15.4. The van der Waals surface area contributed by atoms with E-state index in [1.807, 2.05) is 0 Å². The van der Waals surface area contributed by atoms with Gasteiger partial charge in [0.1, 0.15) is 12.1 Å². The second-order valence-corrected chi connectivity index (χ2v) is 8.44. The van der Waals surface area contributed by atoms with Gasteiger partial charge in [-0.05, 0) is 24.3 Å². The highest BCUT2D eigenvalue weighted by Gasteiger charge is 2.33. The van der Waals surface area contributed by atoms with Gasteiger partial charge in [0.25, 0.3) is 5.91 Å². The van der Waals surface area contributed by atoms with E-state index in [1.165, 1.54) is 18.6 Å². The number of amides is 1. The summed E-state index contributed by atoms with van der Waals surface area (Å²) < 4.78 is 65.1. The van der Waals surface area contributed by atoms with Gasteiger partial charge in [0, 0.05) is 32.1 Å². The Labute approximate surface area is 176 Å². The minimum Gasteiger partial charge on any atom is -0.386 e. The standard InChI is InChI=1S/C18H18F3N5O4S/c19-18(20,21)13-2-1-3-15(10-13)31(28,29)26-8-5-14(6-9-26)25-30-11-17(27)24-16-4-7-22-12-23-16/h1-4,7,10,12H,5-6,8-9,11H2,(H,22,23,24,27). The number of aromatic nitrogens is 2. The molecule has 0 aliphatic carbocycles. The number of carbonyl (C=O) groups is 1. The van der Waals surface area contributed by atoms with E-state index in [0.29, 0.717) is 17.6 Å². The van der Waals surface area contributed by atoms with E-state index in [0.717, 1.165) is 22.5 Å². The lowest BCUT2D eigenvalue weighted by Crippen LogP contribution is -2.38. The highest BCUT2D eigenvalue weighted by Crippen LogP contribution is 2.31. The van der Waals surface area contributed by atoms with E-state index >= 15 is 0 Å². The molecule has 1 amide bonds. The minimum absolute atomic E-state index is 0.0356. The number of hydrogen-bond donors (Lipinski definition) is 1. The van der Waals surface area contributed by atoms with Crippen LogP contribution in [0.2, 0.25) is 0 Å². The van der Waals surface area contributed by atoms with E-state index in [1.54, 1.807) is 0 Å². The van der Waals surface area contributed by atoms with E-state index in [4.69, 9.17) is 4.84 Å². The van der Waals surface area contributed by atoms with E-state index < -0.39 is 32.6 Å². The van der Waals surface area contributed by atoms with Gasteiger partial charge in [-0.15, -0.1) is 0 Å². The smallest absolute Gasteiger partial charge is 0.386 e. The van der Waals surface area contributed by atoms with Crippen LogP contribution in [0, 0.1) is 0 Å². The molecule has 1 aliphatic heterocycles. The van der Waals surface area contributed by atoms with Crippen molar-refractivity contribution >= 4 is 27.5 Å². The van der Waals surface area contributed by atoms with Gasteiger partial charge in [-0.25, -0.2) is 18.4 Å². The van der Waals surface area contributed by atoms with Crippen LogP contribution in [-0.2, 0) is 25.8 Å². The lowest BCUT2D eigenvalue weighted by Gasteiger charge is -2.26. The Kier molecular flexibility index (Phi) is 6.85. The number of hydrogen-bond acceptors (Lipinski definition) is 7. The average molecular weight is 457 g/mol. The van der Waals surface area contributed by atoms with Gasteiger partial charge in [-0.1, -0.05) is 11.2 Å². The van der Waals surface area contributed by atoms with Crippen LogP contribution in [0.5, 0.6) is 0 Å². The molecule has 1 aromatic heterocycles. The van der Waals surface area contributed by atoms with Gasteiger partial charge in [0.15, 0.2) is 6.61 Å². The van der Waals surface area contributed by atoms with Crippen LogP contribution < -0.4 is 5.32 Å². The molecule has 1 saturated heterocycles. The topological polar surface area (TPSA) is 114 Å². The largest absolute Gasteiger partial charge is 0.416 e. The van der Waals surface area contributed by atoms with Crippen molar-refractivity contribution in [1.82, 2.24) is 14.3 Å². The molecule has 166 valence electrons. The van der Waals surface area contributed by atoms with Crippen molar-refractivity contribution in [3.8, 4) is 0 Å². The maximum absolute atomic E-state index is 12.9. The Morgan fingerprint density at radius 1 is 1.23 bits per heavy atom. The molecule has 2 aromatic rings. The maximum Gasteiger partial charge on any atom is 0.416 e. The van der Waals surface area contributed by atoms with Crippen LogP contribution in [0.25, 0.3) is 0 Å². The van der Waals surface area contributed by atoms with Gasteiger partial charge < -0.3 is 10.2 Å². The van der Waals surface area contributed by atoms with Crippen molar-refractivity contribution in [1.29, 1.82) is 0 Å². The van der Waals surface area contributed by atoms with Gasteiger partial charge in [-0.3, -0.25) is 4.79 Å². The number of oxime groups is 1. The molecule has 0 unspecified atom stereocenters. The van der Waals surface area contributed by atoms with Gasteiger partial charge >= 0.3 is 6.18 Å². The predicted octanol–water partition coefficient (Wildman–Crippen LogP) is 2.29. The second-order valence-electron chi connectivity index (χ2n) is 6.50. The third-order valence-corrected chi connectivity index (χ3v) is 6.23. The summed E-state index contributed by atoms with van der Waals surface area (Å²) in [5, 5.41) is 6.34. The fourth-order valence-electron chi connectivity index (χ4n) is 2.78. The molecule has 0 bridgehead atoms. The van der Waals surface area contributed by atoms with Crippen molar-refractivity contribution in [2.24, 2.45) is 5.16 Å². The molecule has 1 aliphatic rings. The Morgan fingerprint density at radius 2 is 1.97 bits per heavy atom. The van der Waals surface area contributed by atoms with Crippen molar-refractivity contribution in [2.75, 3.05) is 25.0 Å².